The molecule has 0 fully saturated rings. The molecule has 4 aromatic rings. The smallest absolute Gasteiger partial charge is 0.260 e. The minimum Gasteiger partial charge on any atom is -0.497 e. The van der Waals surface area contributed by atoms with Crippen molar-refractivity contribution in [2.45, 2.75) is 13.0 Å². The van der Waals surface area contributed by atoms with Crippen LogP contribution in [0.4, 0.5) is 5.13 Å². The average Bonchev–Trinajstić information content (AvgIpc) is 3.45. The quantitative estimate of drug-likeness (QED) is 0.410. The largest absolute Gasteiger partial charge is 0.497 e. The van der Waals surface area contributed by atoms with Gasteiger partial charge in [0, 0.05) is 31.0 Å². The minimum atomic E-state index is -0.142. The summed E-state index contributed by atoms with van der Waals surface area (Å²) in [5, 5.41) is 9.65. The summed E-state index contributed by atoms with van der Waals surface area (Å²) in [6, 6.07) is 14.4. The first-order chi connectivity index (χ1) is 14.7. The minimum absolute atomic E-state index is 0. The molecule has 31 heavy (non-hydrogen) atoms. The molecule has 0 spiro atoms. The van der Waals surface area contributed by atoms with Gasteiger partial charge < -0.3 is 9.30 Å². The van der Waals surface area contributed by atoms with Crippen molar-refractivity contribution in [3.8, 4) is 11.8 Å². The van der Waals surface area contributed by atoms with E-state index in [9.17, 15) is 4.79 Å². The van der Waals surface area contributed by atoms with Gasteiger partial charge >= 0.3 is 0 Å². The van der Waals surface area contributed by atoms with Crippen LogP contribution in [0.5, 0.6) is 5.75 Å². The standard InChI is InChI=1S/C22H19N5O2S.ClH/c1-29-18-7-8-19-20(13-18)30-22(25-19)27(11-2-10-26-12-9-24-15-26)21(28)17-5-3-16(14-23)4-6-17;/h3-9,12-13,15H,2,10-11H2,1H3;1H. The number of nitrogens with zero attached hydrogens (tertiary/aromatic N) is 5. The van der Waals surface area contributed by atoms with Crippen LogP contribution >= 0.6 is 23.7 Å². The highest BCUT2D eigenvalue weighted by molar-refractivity contribution is 7.22. The summed E-state index contributed by atoms with van der Waals surface area (Å²) in [4.78, 5) is 23.7. The molecule has 2 heterocycles. The first-order valence-electron chi connectivity index (χ1n) is 9.40. The van der Waals surface area contributed by atoms with Crippen molar-refractivity contribution in [1.82, 2.24) is 14.5 Å². The summed E-state index contributed by atoms with van der Waals surface area (Å²) < 4.78 is 8.24. The number of anilines is 1. The summed E-state index contributed by atoms with van der Waals surface area (Å²) in [5.74, 6) is 0.610. The normalized spacial score (nSPS) is 10.3. The van der Waals surface area contributed by atoms with Gasteiger partial charge in [-0.3, -0.25) is 9.69 Å². The van der Waals surface area contributed by atoms with E-state index in [1.54, 1.807) is 48.8 Å². The van der Waals surface area contributed by atoms with Gasteiger partial charge in [-0.1, -0.05) is 11.3 Å². The number of ether oxygens (including phenoxy) is 1. The van der Waals surface area contributed by atoms with Crippen molar-refractivity contribution in [1.29, 1.82) is 5.26 Å². The lowest BCUT2D eigenvalue weighted by atomic mass is 10.1. The molecule has 4 rings (SSSR count). The number of fused-ring (bicyclic) bond motifs is 1. The van der Waals surface area contributed by atoms with E-state index in [2.05, 4.69) is 16.0 Å². The molecule has 0 radical (unpaired) electrons. The summed E-state index contributed by atoms with van der Waals surface area (Å²) in [5.41, 5.74) is 1.86. The molecule has 0 N–H and O–H groups in total. The van der Waals surface area contributed by atoms with Crippen LogP contribution in [0.25, 0.3) is 10.2 Å². The van der Waals surface area contributed by atoms with E-state index in [0.717, 1.165) is 28.9 Å². The predicted molar refractivity (Wildman–Crippen MR) is 123 cm³/mol. The zero-order chi connectivity index (χ0) is 20.9. The number of carbonyl (C=O) groups is 1. The molecule has 0 atom stereocenters. The maximum absolute atomic E-state index is 13.3. The number of thiazole rings is 1. The Labute approximate surface area is 189 Å². The van der Waals surface area contributed by atoms with Gasteiger partial charge in [0.1, 0.15) is 5.75 Å². The fourth-order valence-electron chi connectivity index (χ4n) is 3.09. The molecule has 2 aromatic heterocycles. The zero-order valence-corrected chi connectivity index (χ0v) is 18.4. The number of imidazole rings is 1. The Bertz CT molecular complexity index is 1200. The second-order valence-electron chi connectivity index (χ2n) is 6.63. The van der Waals surface area contributed by atoms with Gasteiger partial charge in [0.25, 0.3) is 5.91 Å². The summed E-state index contributed by atoms with van der Waals surface area (Å²) in [6.07, 6.45) is 6.14. The maximum atomic E-state index is 13.3. The highest BCUT2D eigenvalue weighted by Gasteiger charge is 2.21. The van der Waals surface area contributed by atoms with Crippen LogP contribution in [0.1, 0.15) is 22.3 Å². The van der Waals surface area contributed by atoms with Crippen molar-refractivity contribution in [2.24, 2.45) is 0 Å². The lowest BCUT2D eigenvalue weighted by Gasteiger charge is -2.20. The predicted octanol–water partition coefficient (Wildman–Crippen LogP) is 4.53. The number of aromatic nitrogens is 3. The summed E-state index contributed by atoms with van der Waals surface area (Å²) in [7, 11) is 1.62. The highest BCUT2D eigenvalue weighted by atomic mass is 35.5. The molecule has 0 saturated carbocycles. The third kappa shape index (κ3) is 5.02. The molecule has 1 amide bonds. The molecule has 158 valence electrons. The maximum Gasteiger partial charge on any atom is 0.260 e. The third-order valence-corrected chi connectivity index (χ3v) is 5.72. The molecule has 0 aliphatic heterocycles. The summed E-state index contributed by atoms with van der Waals surface area (Å²) >= 11 is 1.46. The van der Waals surface area contributed by atoms with Crippen LogP contribution in [0.2, 0.25) is 0 Å². The molecule has 0 bridgehead atoms. The first kappa shape index (κ1) is 22.3. The zero-order valence-electron chi connectivity index (χ0n) is 16.8. The number of benzene rings is 2. The molecule has 0 aliphatic rings. The number of hydrogen-bond acceptors (Lipinski definition) is 6. The van der Waals surface area contributed by atoms with E-state index >= 15 is 0 Å². The lowest BCUT2D eigenvalue weighted by Crippen LogP contribution is -2.32. The number of methoxy groups -OCH3 is 1. The number of nitriles is 1. The van der Waals surface area contributed by atoms with Crippen molar-refractivity contribution in [3.05, 3.63) is 72.3 Å². The molecule has 0 saturated heterocycles. The van der Waals surface area contributed by atoms with E-state index in [4.69, 9.17) is 10.00 Å². The van der Waals surface area contributed by atoms with E-state index in [0.29, 0.717) is 22.8 Å². The number of amides is 1. The Kier molecular flexibility index (Phi) is 7.23. The SMILES string of the molecule is COc1ccc2nc(N(CCCn3ccnc3)C(=O)c3ccc(C#N)cc3)sc2c1.Cl. The number of rotatable bonds is 7. The number of carbonyl (C=O) groups excluding carboxylic acids is 1. The monoisotopic (exact) mass is 453 g/mol. The lowest BCUT2D eigenvalue weighted by molar-refractivity contribution is 0.0986. The van der Waals surface area contributed by atoms with Gasteiger partial charge in [-0.15, -0.1) is 12.4 Å². The number of halogens is 1. The highest BCUT2D eigenvalue weighted by Crippen LogP contribution is 2.32. The molecule has 2 aromatic carbocycles. The van der Waals surface area contributed by atoms with Crippen molar-refractivity contribution in [3.63, 3.8) is 0 Å². The molecular weight excluding hydrogens is 434 g/mol. The van der Waals surface area contributed by atoms with Crippen LogP contribution in [0, 0.1) is 11.3 Å². The van der Waals surface area contributed by atoms with Crippen LogP contribution in [-0.2, 0) is 6.54 Å². The molecule has 0 aliphatic carbocycles. The van der Waals surface area contributed by atoms with E-state index in [1.807, 2.05) is 29.0 Å². The Morgan fingerprint density at radius 3 is 2.74 bits per heavy atom. The van der Waals surface area contributed by atoms with Crippen LogP contribution in [-0.4, -0.2) is 34.1 Å². The Morgan fingerprint density at radius 2 is 2.06 bits per heavy atom. The summed E-state index contributed by atoms with van der Waals surface area (Å²) in [6.45, 7) is 1.25. The average molecular weight is 454 g/mol. The van der Waals surface area contributed by atoms with Crippen molar-refractivity contribution in [2.75, 3.05) is 18.6 Å². The second-order valence-corrected chi connectivity index (χ2v) is 7.64. The van der Waals surface area contributed by atoms with Gasteiger partial charge in [0.2, 0.25) is 0 Å². The molecule has 7 nitrogen and oxygen atoms in total. The van der Waals surface area contributed by atoms with E-state index in [1.165, 1.54) is 11.3 Å². The van der Waals surface area contributed by atoms with Gasteiger partial charge in [0.15, 0.2) is 5.13 Å². The second kappa shape index (κ2) is 10.1. The molecule has 9 heteroatoms. The van der Waals surface area contributed by atoms with Crippen LogP contribution < -0.4 is 9.64 Å². The van der Waals surface area contributed by atoms with Gasteiger partial charge in [-0.2, -0.15) is 5.26 Å². The fraction of sp³-hybridized carbons (Fsp3) is 0.182. The van der Waals surface area contributed by atoms with E-state index < -0.39 is 0 Å². The van der Waals surface area contributed by atoms with Gasteiger partial charge in [0.05, 0.1) is 35.3 Å². The van der Waals surface area contributed by atoms with Crippen LogP contribution in [0.15, 0.2) is 61.2 Å². The van der Waals surface area contributed by atoms with Crippen LogP contribution in [0.3, 0.4) is 0 Å². The van der Waals surface area contributed by atoms with Crippen molar-refractivity contribution < 1.29 is 9.53 Å². The fourth-order valence-corrected chi connectivity index (χ4v) is 4.11. The first-order valence-corrected chi connectivity index (χ1v) is 10.2. The van der Waals surface area contributed by atoms with Gasteiger partial charge in [-0.25, -0.2) is 9.97 Å². The topological polar surface area (TPSA) is 84.0 Å². The Balaban J connectivity index is 0.00000272. The third-order valence-electron chi connectivity index (χ3n) is 4.68. The molecular formula is C22H20ClN5O2S. The number of hydrogen-bond donors (Lipinski definition) is 0. The Morgan fingerprint density at radius 1 is 1.26 bits per heavy atom. The van der Waals surface area contributed by atoms with Gasteiger partial charge in [-0.05, 0) is 48.9 Å². The van der Waals surface area contributed by atoms with Crippen molar-refractivity contribution >= 4 is 45.0 Å². The molecule has 0 unspecified atom stereocenters. The van der Waals surface area contributed by atoms with E-state index in [-0.39, 0.29) is 18.3 Å². The Hall–Kier alpha value is -3.41. The number of aryl methyl sites for hydroxylation is 1.